The predicted octanol–water partition coefficient (Wildman–Crippen LogP) is 10.4. The number of aliphatic hydroxyl groups is 1. The Morgan fingerprint density at radius 1 is 0.860 bits per heavy atom. The molecule has 1 aromatic heterocycles. The molecule has 1 aromatic carbocycles. The minimum Gasteiger partial charge on any atom is -0.481 e. The van der Waals surface area contributed by atoms with Crippen LogP contribution in [-0.2, 0) is 30.2 Å². The quantitative estimate of drug-likeness (QED) is 0.132. The number of aromatic nitrogens is 2. The average molecular weight is 834 g/mol. The number of aryl methyl sites for hydroxylation is 2. The number of carbonyl (C=O) groups is 3. The molecule has 1 amide bonds. The number of carboxylic acids is 1. The van der Waals surface area contributed by atoms with Gasteiger partial charge < -0.3 is 33.3 Å². The highest BCUT2D eigenvalue weighted by atomic mass is 28.4. The maximum Gasteiger partial charge on any atom is 0.410 e. The van der Waals surface area contributed by atoms with E-state index in [2.05, 4.69) is 79.6 Å². The third-order valence-corrected chi connectivity index (χ3v) is 21.6. The van der Waals surface area contributed by atoms with E-state index >= 15 is 0 Å². The molecule has 0 fully saturated rings. The fourth-order valence-corrected chi connectivity index (χ4v) is 9.55. The number of rotatable bonds is 19. The summed E-state index contributed by atoms with van der Waals surface area (Å²) in [6.07, 6.45) is -1.17. The molecule has 5 atom stereocenters. The molecule has 0 spiro atoms. The van der Waals surface area contributed by atoms with Gasteiger partial charge in [0.25, 0.3) is 0 Å². The number of benzene rings is 1. The van der Waals surface area contributed by atoms with Crippen molar-refractivity contribution in [3.63, 3.8) is 0 Å². The van der Waals surface area contributed by atoms with Gasteiger partial charge in [0.05, 0.1) is 35.8 Å². The zero-order valence-electron chi connectivity index (χ0n) is 39.0. The van der Waals surface area contributed by atoms with Crippen LogP contribution in [0.2, 0.25) is 36.3 Å². The molecule has 2 N–H and O–H groups in total. The summed E-state index contributed by atoms with van der Waals surface area (Å²) in [7, 11) is -2.86. The van der Waals surface area contributed by atoms with Gasteiger partial charge in [-0.3, -0.25) is 9.59 Å². The SMILES string of the molecule is Cc1nc2cc([C@@H](O)CCN(CCC[C@H](C)[C@H](O[Si](C)(C)C(C)(C)C)[C@@H](C)C(=O)C(C)(C)[C@H](CC(=O)O)O[Si](C)(C)C(C)(C)C)C(=O)OC(C)(C)C)ccc2n1C. The molecule has 0 bridgehead atoms. The topological polar surface area (TPSA) is 140 Å². The first kappa shape index (κ1) is 50.6. The number of imidazole rings is 1. The smallest absolute Gasteiger partial charge is 0.410 e. The number of Topliss-reactive ketones (excluding diaryl/α,β-unsaturated/α-hetero) is 1. The lowest BCUT2D eigenvalue weighted by atomic mass is 9.73. The second-order valence-electron chi connectivity index (χ2n) is 21.0. The highest BCUT2D eigenvalue weighted by Gasteiger charge is 2.50. The summed E-state index contributed by atoms with van der Waals surface area (Å²) in [5.41, 5.74) is 0.751. The van der Waals surface area contributed by atoms with E-state index in [0.717, 1.165) is 22.4 Å². The van der Waals surface area contributed by atoms with Crippen molar-refractivity contribution in [3.05, 3.63) is 29.6 Å². The first-order valence-corrected chi connectivity index (χ1v) is 26.7. The minimum atomic E-state index is -2.44. The van der Waals surface area contributed by atoms with Crippen molar-refractivity contribution in [2.24, 2.45) is 24.3 Å². The molecule has 0 unspecified atom stereocenters. The summed E-state index contributed by atoms with van der Waals surface area (Å²) in [5, 5.41) is 20.9. The molecule has 57 heavy (non-hydrogen) atoms. The number of ether oxygens (including phenoxy) is 1. The number of carboxylic acid groups (broad SMARTS) is 1. The molecule has 11 nitrogen and oxygen atoms in total. The molecule has 13 heteroatoms. The van der Waals surface area contributed by atoms with Crippen LogP contribution in [0.25, 0.3) is 11.0 Å². The molecule has 0 aliphatic carbocycles. The number of amides is 1. The van der Waals surface area contributed by atoms with Gasteiger partial charge in [0.2, 0.25) is 0 Å². The van der Waals surface area contributed by atoms with E-state index in [1.54, 1.807) is 4.90 Å². The van der Waals surface area contributed by atoms with Crippen LogP contribution in [0.1, 0.15) is 133 Å². The fourth-order valence-electron chi connectivity index (χ4n) is 6.64. The van der Waals surface area contributed by atoms with Crippen molar-refractivity contribution in [2.45, 2.75) is 183 Å². The summed E-state index contributed by atoms with van der Waals surface area (Å²) in [5.74, 6) is -0.819. The summed E-state index contributed by atoms with van der Waals surface area (Å²) in [6.45, 7) is 37.2. The first-order chi connectivity index (χ1) is 25.6. The average Bonchev–Trinajstić information content (AvgIpc) is 3.33. The van der Waals surface area contributed by atoms with Crippen molar-refractivity contribution in [1.29, 1.82) is 0 Å². The second-order valence-corrected chi connectivity index (χ2v) is 30.6. The fraction of sp³-hybridized carbons (Fsp3) is 0.773. The van der Waals surface area contributed by atoms with E-state index in [1.165, 1.54) is 0 Å². The Balaban J connectivity index is 2.37. The summed E-state index contributed by atoms with van der Waals surface area (Å²) in [4.78, 5) is 46.7. The number of fused-ring (bicyclic) bond motifs is 1. The molecule has 0 radical (unpaired) electrons. The molecule has 1 heterocycles. The van der Waals surface area contributed by atoms with Crippen LogP contribution in [0.15, 0.2) is 18.2 Å². The van der Waals surface area contributed by atoms with Gasteiger partial charge in [0.15, 0.2) is 16.6 Å². The highest BCUT2D eigenvalue weighted by molar-refractivity contribution is 6.74. The normalized spacial score (nSPS) is 16.2. The monoisotopic (exact) mass is 834 g/mol. The van der Waals surface area contributed by atoms with Crippen molar-refractivity contribution < 1.29 is 38.2 Å². The summed E-state index contributed by atoms with van der Waals surface area (Å²) < 4.78 is 21.7. The third kappa shape index (κ3) is 13.5. The maximum atomic E-state index is 14.7. The van der Waals surface area contributed by atoms with Crippen molar-refractivity contribution in [3.8, 4) is 0 Å². The molecule has 0 aliphatic rings. The van der Waals surface area contributed by atoms with E-state index in [1.807, 2.05) is 78.3 Å². The maximum absolute atomic E-state index is 14.7. The van der Waals surface area contributed by atoms with Gasteiger partial charge in [0.1, 0.15) is 17.2 Å². The van der Waals surface area contributed by atoms with Crippen LogP contribution in [0.5, 0.6) is 0 Å². The van der Waals surface area contributed by atoms with Crippen LogP contribution in [0, 0.1) is 24.2 Å². The second kappa shape index (κ2) is 18.8. The van der Waals surface area contributed by atoms with Crippen LogP contribution >= 0.6 is 0 Å². The lowest BCUT2D eigenvalue weighted by Gasteiger charge is -2.46. The molecule has 2 rings (SSSR count). The number of nitrogens with zero attached hydrogens (tertiary/aromatic N) is 3. The number of aliphatic carboxylic acids is 1. The lowest BCUT2D eigenvalue weighted by Crippen LogP contribution is -2.54. The Morgan fingerprint density at radius 2 is 1.40 bits per heavy atom. The summed E-state index contributed by atoms with van der Waals surface area (Å²) >= 11 is 0. The molecular formula is C44H79N3O8Si2. The number of carbonyl (C=O) groups excluding carboxylic acids is 2. The highest BCUT2D eigenvalue weighted by Crippen LogP contribution is 2.44. The van der Waals surface area contributed by atoms with Crippen LogP contribution in [0.4, 0.5) is 4.79 Å². The van der Waals surface area contributed by atoms with E-state index in [-0.39, 0.29) is 34.7 Å². The Bertz CT molecular complexity index is 1680. The zero-order chi connectivity index (χ0) is 44.3. The Morgan fingerprint density at radius 3 is 1.91 bits per heavy atom. The Labute approximate surface area is 346 Å². The minimum absolute atomic E-state index is 0.0762. The van der Waals surface area contributed by atoms with Gasteiger partial charge in [-0.05, 0) is 107 Å². The molecule has 0 saturated heterocycles. The van der Waals surface area contributed by atoms with Crippen LogP contribution in [0.3, 0.4) is 0 Å². The van der Waals surface area contributed by atoms with E-state index in [0.29, 0.717) is 25.8 Å². The van der Waals surface area contributed by atoms with E-state index in [4.69, 9.17) is 13.6 Å². The molecule has 0 saturated carbocycles. The van der Waals surface area contributed by atoms with E-state index in [9.17, 15) is 24.6 Å². The van der Waals surface area contributed by atoms with Gasteiger partial charge >= 0.3 is 12.1 Å². The van der Waals surface area contributed by atoms with Crippen LogP contribution in [-0.4, -0.2) is 90.0 Å². The molecule has 2 aromatic rings. The van der Waals surface area contributed by atoms with Gasteiger partial charge in [-0.25, -0.2) is 9.78 Å². The number of hydrogen-bond donors (Lipinski definition) is 2. The zero-order valence-corrected chi connectivity index (χ0v) is 41.0. The molecule has 0 aliphatic heterocycles. The number of aliphatic hydroxyl groups excluding tert-OH is 1. The molecular weight excluding hydrogens is 755 g/mol. The predicted molar refractivity (Wildman–Crippen MR) is 236 cm³/mol. The van der Waals surface area contributed by atoms with Gasteiger partial charge in [-0.15, -0.1) is 0 Å². The van der Waals surface area contributed by atoms with Crippen molar-refractivity contribution in [1.82, 2.24) is 14.5 Å². The summed E-state index contributed by atoms with van der Waals surface area (Å²) in [6, 6.07) is 5.77. The number of ketones is 1. The van der Waals surface area contributed by atoms with E-state index < -0.39 is 63.9 Å². The van der Waals surface area contributed by atoms with Gasteiger partial charge in [-0.1, -0.05) is 75.3 Å². The Hall–Kier alpha value is -2.59. The molecule has 326 valence electrons. The van der Waals surface area contributed by atoms with Gasteiger partial charge in [-0.2, -0.15) is 0 Å². The Kier molecular flexibility index (Phi) is 16.6. The van der Waals surface area contributed by atoms with Gasteiger partial charge in [0, 0.05) is 31.5 Å². The largest absolute Gasteiger partial charge is 0.481 e. The standard InChI is InChI=1S/C44H79N3O8Si2/c1-29(21-20-25-47(40(52)53-41(4,5)6)26-24-35(48)32-22-23-34-33(27-32)45-31(3)46(34)15)38(55-57(18,19)43(10,11)12)30(2)39(51)44(13,14)36(28-37(49)50)54-56(16,17)42(7,8)9/h22-23,27,29-30,35-36,38,48H,20-21,24-26,28H2,1-19H3,(H,49,50)/t29-,30+,35-,36-,38-/m0/s1. The number of hydrogen-bond acceptors (Lipinski definition) is 8. The lowest BCUT2D eigenvalue weighted by molar-refractivity contribution is -0.146. The van der Waals surface area contributed by atoms with Crippen molar-refractivity contribution >= 4 is 45.5 Å². The van der Waals surface area contributed by atoms with Crippen LogP contribution < -0.4 is 0 Å². The first-order valence-electron chi connectivity index (χ1n) is 20.8. The third-order valence-electron chi connectivity index (χ3n) is 12.7. The van der Waals surface area contributed by atoms with Crippen molar-refractivity contribution in [2.75, 3.05) is 13.1 Å².